The first-order chi connectivity index (χ1) is 9.24. The summed E-state index contributed by atoms with van der Waals surface area (Å²) in [4.78, 5) is 2.59. The Kier molecular flexibility index (Phi) is 3.85. The number of benzene rings is 1. The van der Waals surface area contributed by atoms with Gasteiger partial charge in [-0.15, -0.1) is 0 Å². The van der Waals surface area contributed by atoms with Crippen molar-refractivity contribution in [2.75, 3.05) is 13.1 Å². The Morgan fingerprint density at radius 1 is 1.32 bits per heavy atom. The van der Waals surface area contributed by atoms with Gasteiger partial charge in [-0.25, -0.2) is 4.39 Å². The largest absolute Gasteiger partial charge is 0.312 e. The Morgan fingerprint density at radius 3 is 2.95 bits per heavy atom. The molecule has 2 atom stereocenters. The van der Waals surface area contributed by atoms with Crippen LogP contribution in [0.1, 0.15) is 36.8 Å². The Bertz CT molecular complexity index is 440. The average Bonchev–Trinajstić information content (AvgIpc) is 3.03. The highest BCUT2D eigenvalue weighted by Gasteiger charge is 2.33. The second-order valence-corrected chi connectivity index (χ2v) is 5.95. The van der Waals surface area contributed by atoms with E-state index in [0.29, 0.717) is 12.1 Å². The molecule has 2 aliphatic rings. The number of hydrogen-bond donors (Lipinski definition) is 1. The van der Waals surface area contributed by atoms with Crippen LogP contribution >= 0.6 is 0 Å². The van der Waals surface area contributed by atoms with Crippen molar-refractivity contribution < 1.29 is 4.39 Å². The van der Waals surface area contributed by atoms with E-state index in [0.717, 1.165) is 12.1 Å². The molecule has 0 spiro atoms. The first-order valence-electron chi connectivity index (χ1n) is 7.46. The van der Waals surface area contributed by atoms with Gasteiger partial charge in [0.15, 0.2) is 0 Å². The summed E-state index contributed by atoms with van der Waals surface area (Å²) < 4.78 is 13.2. The summed E-state index contributed by atoms with van der Waals surface area (Å²) in [5.41, 5.74) is 2.34. The molecule has 0 aromatic heterocycles. The van der Waals surface area contributed by atoms with E-state index in [1.165, 1.54) is 44.3 Å². The molecule has 1 N–H and O–H groups in total. The van der Waals surface area contributed by atoms with E-state index < -0.39 is 0 Å². The third-order valence-electron chi connectivity index (χ3n) is 4.66. The van der Waals surface area contributed by atoms with Crippen LogP contribution in [0.15, 0.2) is 18.2 Å². The van der Waals surface area contributed by atoms with Gasteiger partial charge in [-0.2, -0.15) is 0 Å². The molecule has 104 valence electrons. The maximum Gasteiger partial charge on any atom is 0.123 e. The maximum atomic E-state index is 13.2. The van der Waals surface area contributed by atoms with Crippen molar-refractivity contribution in [3.63, 3.8) is 0 Å². The number of aryl methyl sites for hydroxylation is 1. The van der Waals surface area contributed by atoms with Crippen molar-refractivity contribution in [3.8, 4) is 0 Å². The number of halogens is 1. The predicted octanol–water partition coefficient (Wildman–Crippen LogP) is 2.85. The highest BCUT2D eigenvalue weighted by Crippen LogP contribution is 2.27. The van der Waals surface area contributed by atoms with Crippen molar-refractivity contribution in [1.82, 2.24) is 10.2 Å². The molecule has 3 rings (SSSR count). The number of nitrogens with zero attached hydrogens (tertiary/aromatic N) is 1. The van der Waals surface area contributed by atoms with E-state index in [2.05, 4.69) is 10.2 Å². The maximum absolute atomic E-state index is 13.2. The Hall–Kier alpha value is -0.930. The molecule has 2 heterocycles. The van der Waals surface area contributed by atoms with E-state index in [4.69, 9.17) is 0 Å². The van der Waals surface area contributed by atoms with Gasteiger partial charge in [0.25, 0.3) is 0 Å². The smallest absolute Gasteiger partial charge is 0.123 e. The first-order valence-corrected chi connectivity index (χ1v) is 7.46. The van der Waals surface area contributed by atoms with Gasteiger partial charge in [-0.3, -0.25) is 4.90 Å². The third kappa shape index (κ3) is 2.82. The van der Waals surface area contributed by atoms with Crippen molar-refractivity contribution in [1.29, 1.82) is 0 Å². The summed E-state index contributed by atoms with van der Waals surface area (Å²) in [6, 6.07) is 6.52. The van der Waals surface area contributed by atoms with E-state index in [-0.39, 0.29) is 5.82 Å². The molecule has 0 amide bonds. The van der Waals surface area contributed by atoms with Gasteiger partial charge < -0.3 is 5.32 Å². The molecule has 0 bridgehead atoms. The average molecular weight is 262 g/mol. The molecule has 0 radical (unpaired) electrons. The molecule has 2 aliphatic heterocycles. The van der Waals surface area contributed by atoms with Crippen LogP contribution in [-0.2, 0) is 6.54 Å². The van der Waals surface area contributed by atoms with Gasteiger partial charge in [-0.1, -0.05) is 6.07 Å². The quantitative estimate of drug-likeness (QED) is 0.901. The molecular formula is C16H23FN2. The van der Waals surface area contributed by atoms with Crippen LogP contribution < -0.4 is 5.32 Å². The molecule has 1 aromatic rings. The van der Waals surface area contributed by atoms with Crippen molar-refractivity contribution in [2.45, 2.75) is 51.2 Å². The number of likely N-dealkylation sites (tertiary alicyclic amines) is 1. The van der Waals surface area contributed by atoms with Crippen LogP contribution in [0.3, 0.4) is 0 Å². The van der Waals surface area contributed by atoms with Gasteiger partial charge in [0.05, 0.1) is 0 Å². The van der Waals surface area contributed by atoms with Crippen LogP contribution in [0.25, 0.3) is 0 Å². The minimum atomic E-state index is -0.128. The molecular weight excluding hydrogens is 239 g/mol. The highest BCUT2D eigenvalue weighted by atomic mass is 19.1. The van der Waals surface area contributed by atoms with Gasteiger partial charge in [0.1, 0.15) is 5.82 Å². The Morgan fingerprint density at radius 2 is 2.21 bits per heavy atom. The lowest BCUT2D eigenvalue weighted by molar-refractivity contribution is 0.206. The molecule has 3 heteroatoms. The topological polar surface area (TPSA) is 15.3 Å². The fourth-order valence-electron chi connectivity index (χ4n) is 3.60. The molecule has 1 aromatic carbocycles. The highest BCUT2D eigenvalue weighted by molar-refractivity contribution is 5.26. The molecule has 2 nitrogen and oxygen atoms in total. The summed E-state index contributed by atoms with van der Waals surface area (Å²) in [5.74, 6) is -0.128. The summed E-state index contributed by atoms with van der Waals surface area (Å²) in [6.45, 7) is 5.33. The third-order valence-corrected chi connectivity index (χ3v) is 4.66. The van der Waals surface area contributed by atoms with Crippen molar-refractivity contribution >= 4 is 0 Å². The van der Waals surface area contributed by atoms with Crippen LogP contribution in [-0.4, -0.2) is 30.1 Å². The number of nitrogens with one attached hydrogen (secondary N) is 1. The second kappa shape index (κ2) is 5.59. The first kappa shape index (κ1) is 13.1. The molecule has 19 heavy (non-hydrogen) atoms. The molecule has 0 saturated carbocycles. The molecule has 2 fully saturated rings. The summed E-state index contributed by atoms with van der Waals surface area (Å²) in [7, 11) is 0. The van der Waals surface area contributed by atoms with Crippen LogP contribution in [0.4, 0.5) is 4.39 Å². The van der Waals surface area contributed by atoms with Gasteiger partial charge >= 0.3 is 0 Å². The fourth-order valence-corrected chi connectivity index (χ4v) is 3.60. The van der Waals surface area contributed by atoms with Gasteiger partial charge in [0, 0.05) is 18.6 Å². The van der Waals surface area contributed by atoms with Crippen LogP contribution in [0, 0.1) is 12.7 Å². The van der Waals surface area contributed by atoms with Crippen LogP contribution in [0.2, 0.25) is 0 Å². The molecule has 2 saturated heterocycles. The lowest BCUT2D eigenvalue weighted by atomic mass is 10.0. The molecule has 0 aliphatic carbocycles. The van der Waals surface area contributed by atoms with E-state index in [1.54, 1.807) is 12.1 Å². The van der Waals surface area contributed by atoms with E-state index in [9.17, 15) is 4.39 Å². The summed E-state index contributed by atoms with van der Waals surface area (Å²) >= 11 is 0. The van der Waals surface area contributed by atoms with Crippen molar-refractivity contribution in [2.24, 2.45) is 0 Å². The second-order valence-electron chi connectivity index (χ2n) is 5.95. The predicted molar refractivity (Wildman–Crippen MR) is 75.6 cm³/mol. The van der Waals surface area contributed by atoms with E-state index in [1.807, 2.05) is 13.0 Å². The standard InChI is InChI=1S/C16H23FN2/c1-12-10-14(17)7-6-13(12)11-19-9-3-5-16(19)15-4-2-8-18-15/h6-7,10,15-16,18H,2-5,8-9,11H2,1H3. The van der Waals surface area contributed by atoms with Crippen LogP contribution in [0.5, 0.6) is 0 Å². The minimum Gasteiger partial charge on any atom is -0.312 e. The molecule has 2 unspecified atom stereocenters. The zero-order valence-corrected chi connectivity index (χ0v) is 11.7. The Balaban J connectivity index is 1.70. The normalized spacial score (nSPS) is 28.1. The summed E-state index contributed by atoms with van der Waals surface area (Å²) in [6.07, 6.45) is 5.22. The monoisotopic (exact) mass is 262 g/mol. The summed E-state index contributed by atoms with van der Waals surface area (Å²) in [5, 5.41) is 3.64. The fraction of sp³-hybridized carbons (Fsp3) is 0.625. The van der Waals surface area contributed by atoms with Gasteiger partial charge in [-0.05, 0) is 69.0 Å². The SMILES string of the molecule is Cc1cc(F)ccc1CN1CCCC1C1CCCN1. The zero-order valence-electron chi connectivity index (χ0n) is 11.7. The van der Waals surface area contributed by atoms with E-state index >= 15 is 0 Å². The lowest BCUT2D eigenvalue weighted by Crippen LogP contribution is -2.43. The Labute approximate surface area is 115 Å². The zero-order chi connectivity index (χ0) is 13.2. The number of hydrogen-bond acceptors (Lipinski definition) is 2. The van der Waals surface area contributed by atoms with Crippen molar-refractivity contribution in [3.05, 3.63) is 35.1 Å². The lowest BCUT2D eigenvalue weighted by Gasteiger charge is -2.30. The number of rotatable bonds is 3. The van der Waals surface area contributed by atoms with Gasteiger partial charge in [0.2, 0.25) is 0 Å². The minimum absolute atomic E-state index is 0.128.